The van der Waals surface area contributed by atoms with E-state index in [1.165, 1.54) is 11.1 Å². The molecule has 0 fully saturated rings. The second kappa shape index (κ2) is 14.5. The molecule has 0 aliphatic carbocycles. The van der Waals surface area contributed by atoms with Gasteiger partial charge in [-0.05, 0) is 0 Å². The van der Waals surface area contributed by atoms with Gasteiger partial charge in [0.25, 0.3) is 0 Å². The summed E-state index contributed by atoms with van der Waals surface area (Å²) in [4.78, 5) is 0. The van der Waals surface area contributed by atoms with Gasteiger partial charge in [-0.25, -0.2) is 36.4 Å². The summed E-state index contributed by atoms with van der Waals surface area (Å²) in [5.41, 5.74) is 3.14. The Labute approximate surface area is 186 Å². The zero-order valence-electron chi connectivity index (χ0n) is 16.0. The fourth-order valence-corrected chi connectivity index (χ4v) is 3.26. The van der Waals surface area contributed by atoms with E-state index in [1.54, 1.807) is 0 Å². The Bertz CT molecular complexity index is 614. The first-order valence-electron chi connectivity index (χ1n) is 9.11. The molecule has 152 valence electrons. The summed E-state index contributed by atoms with van der Waals surface area (Å²) in [5, 5.41) is 0. The van der Waals surface area contributed by atoms with Gasteiger partial charge in [0.2, 0.25) is 0 Å². The molecule has 0 aliphatic rings. The SMILES string of the molecule is CCC(CC)([c-]1cccc1)[c-]1cccc1.[Fe].[Fe].[cH-]1[cH-][cH-][cH-][cH-]1.c1cc[cH-]c1. The van der Waals surface area contributed by atoms with Crippen molar-refractivity contribution in [1.82, 2.24) is 0 Å². The molecule has 0 unspecified atom stereocenters. The summed E-state index contributed by atoms with van der Waals surface area (Å²) in [6.45, 7) is 4.56. The molecule has 4 rings (SSSR count). The minimum Gasteiger partial charge on any atom is -0.748 e. The molecule has 0 saturated heterocycles. The Balaban J connectivity index is 0.000000465. The normalized spacial score (nSPS) is 9.56. The first kappa shape index (κ1) is 25.4. The fraction of sp³-hybridized carbons (Fsp3) is 0.200. The van der Waals surface area contributed by atoms with Crippen molar-refractivity contribution >= 4 is 0 Å². The van der Waals surface area contributed by atoms with Crippen molar-refractivity contribution in [3.63, 3.8) is 0 Å². The Morgan fingerprint density at radius 1 is 0.593 bits per heavy atom. The fourth-order valence-electron chi connectivity index (χ4n) is 3.26. The molecular formula is C25H28Fe2-8. The number of rotatable bonds is 4. The van der Waals surface area contributed by atoms with E-state index >= 15 is 0 Å². The van der Waals surface area contributed by atoms with E-state index in [2.05, 4.69) is 62.4 Å². The van der Waals surface area contributed by atoms with Crippen LogP contribution in [0.25, 0.3) is 0 Å². The van der Waals surface area contributed by atoms with Crippen molar-refractivity contribution in [1.29, 1.82) is 0 Å². The van der Waals surface area contributed by atoms with Crippen LogP contribution in [0.5, 0.6) is 0 Å². The van der Waals surface area contributed by atoms with Crippen LogP contribution in [0.4, 0.5) is 0 Å². The topological polar surface area (TPSA) is 0 Å². The minimum atomic E-state index is 0. The summed E-state index contributed by atoms with van der Waals surface area (Å²) >= 11 is 0. The van der Waals surface area contributed by atoms with E-state index in [0.29, 0.717) is 0 Å². The third kappa shape index (κ3) is 7.52. The summed E-state index contributed by atoms with van der Waals surface area (Å²) in [7, 11) is 0. The monoisotopic (exact) mass is 440 g/mol. The van der Waals surface area contributed by atoms with Crippen molar-refractivity contribution < 1.29 is 34.1 Å². The van der Waals surface area contributed by atoms with Gasteiger partial charge in [0, 0.05) is 34.1 Å². The van der Waals surface area contributed by atoms with Gasteiger partial charge in [-0.3, -0.25) is 0 Å². The molecule has 0 spiro atoms. The van der Waals surface area contributed by atoms with Crippen molar-refractivity contribution in [3.8, 4) is 0 Å². The van der Waals surface area contributed by atoms with Gasteiger partial charge < -0.3 is 30.3 Å². The molecule has 27 heavy (non-hydrogen) atoms. The van der Waals surface area contributed by atoms with Crippen LogP contribution in [0.1, 0.15) is 37.8 Å². The number of hydrogen-bond donors (Lipinski definition) is 0. The zero-order valence-corrected chi connectivity index (χ0v) is 18.2. The van der Waals surface area contributed by atoms with Crippen LogP contribution in [0, 0.1) is 0 Å². The first-order valence-corrected chi connectivity index (χ1v) is 9.11. The standard InChI is InChI=1S/C15H18.2C5H5.2Fe/c1-3-15(4-2,13-9-5-6-10-13)14-11-7-8-12-14;2*1-2-4-5-3-1;;/h5-12H,3-4H2,1-2H3;2*1-5H;;/q-2;-5;-1;;. The predicted molar refractivity (Wildman–Crippen MR) is 110 cm³/mol. The van der Waals surface area contributed by atoms with Crippen LogP contribution in [0.2, 0.25) is 0 Å². The molecule has 0 heterocycles. The van der Waals surface area contributed by atoms with Gasteiger partial charge in [0.15, 0.2) is 0 Å². The van der Waals surface area contributed by atoms with Crippen LogP contribution in [-0.2, 0) is 39.6 Å². The van der Waals surface area contributed by atoms with Gasteiger partial charge in [-0.1, -0.05) is 32.1 Å². The predicted octanol–water partition coefficient (Wildman–Crippen LogP) is 7.04. The summed E-state index contributed by atoms with van der Waals surface area (Å²) in [6.07, 6.45) is 2.33. The van der Waals surface area contributed by atoms with E-state index in [-0.39, 0.29) is 39.6 Å². The Morgan fingerprint density at radius 2 is 0.926 bits per heavy atom. The maximum atomic E-state index is 2.28. The molecule has 0 saturated carbocycles. The molecule has 0 aliphatic heterocycles. The molecule has 4 aromatic carbocycles. The quantitative estimate of drug-likeness (QED) is 0.236. The molecular weight excluding hydrogens is 412 g/mol. The van der Waals surface area contributed by atoms with Crippen LogP contribution in [0.3, 0.4) is 0 Å². The zero-order chi connectivity index (χ0) is 17.8. The average molecular weight is 440 g/mol. The first-order chi connectivity index (χ1) is 12.3. The Hall–Kier alpha value is -1.56. The van der Waals surface area contributed by atoms with Gasteiger partial charge in [-0.15, -0.1) is 0 Å². The van der Waals surface area contributed by atoms with Crippen molar-refractivity contribution in [2.75, 3.05) is 0 Å². The molecule has 4 aromatic rings. The molecule has 0 nitrogen and oxygen atoms in total. The van der Waals surface area contributed by atoms with Gasteiger partial charge >= 0.3 is 0 Å². The van der Waals surface area contributed by atoms with E-state index in [4.69, 9.17) is 0 Å². The third-order valence-corrected chi connectivity index (χ3v) is 4.75. The minimum absolute atomic E-state index is 0. The molecule has 0 radical (unpaired) electrons. The van der Waals surface area contributed by atoms with E-state index in [1.807, 2.05) is 60.7 Å². The van der Waals surface area contributed by atoms with E-state index in [9.17, 15) is 0 Å². The average Bonchev–Trinajstić information content (AvgIpc) is 3.50. The third-order valence-electron chi connectivity index (χ3n) is 4.75. The van der Waals surface area contributed by atoms with Crippen LogP contribution in [0.15, 0.2) is 109 Å². The molecule has 0 N–H and O–H groups in total. The van der Waals surface area contributed by atoms with Crippen LogP contribution >= 0.6 is 0 Å². The second-order valence-corrected chi connectivity index (χ2v) is 6.06. The number of hydrogen-bond acceptors (Lipinski definition) is 0. The molecule has 2 heteroatoms. The summed E-state index contributed by atoms with van der Waals surface area (Å²) < 4.78 is 0. The van der Waals surface area contributed by atoms with Gasteiger partial charge in [0.05, 0.1) is 0 Å². The Kier molecular flexibility index (Phi) is 13.7. The maximum Gasteiger partial charge on any atom is 0 e. The largest absolute Gasteiger partial charge is 0.748 e. The van der Waals surface area contributed by atoms with Crippen molar-refractivity contribution in [2.24, 2.45) is 0 Å². The smallest absolute Gasteiger partial charge is 0 e. The van der Waals surface area contributed by atoms with Crippen molar-refractivity contribution in [3.05, 3.63) is 120 Å². The maximum absolute atomic E-state index is 2.28. The molecule has 0 bridgehead atoms. The second-order valence-electron chi connectivity index (χ2n) is 6.06. The summed E-state index contributed by atoms with van der Waals surface area (Å²) in [5.74, 6) is 0. The van der Waals surface area contributed by atoms with Crippen molar-refractivity contribution in [2.45, 2.75) is 32.1 Å². The van der Waals surface area contributed by atoms with Crippen LogP contribution < -0.4 is 0 Å². The van der Waals surface area contributed by atoms with E-state index in [0.717, 1.165) is 12.8 Å². The van der Waals surface area contributed by atoms with Crippen LogP contribution in [-0.4, -0.2) is 0 Å². The Morgan fingerprint density at radius 3 is 1.15 bits per heavy atom. The summed E-state index contributed by atoms with van der Waals surface area (Å²) in [6, 6.07) is 37.5. The molecule has 0 atom stereocenters. The van der Waals surface area contributed by atoms with Gasteiger partial charge in [0.1, 0.15) is 0 Å². The molecule has 0 aromatic heterocycles. The molecule has 0 amide bonds. The van der Waals surface area contributed by atoms with Gasteiger partial charge in [-0.2, -0.15) is 53.6 Å². The van der Waals surface area contributed by atoms with E-state index < -0.39 is 0 Å².